The highest BCUT2D eigenvalue weighted by atomic mass is 19.1. The molecule has 1 saturated heterocycles. The number of halogens is 2. The summed E-state index contributed by atoms with van der Waals surface area (Å²) in [5.41, 5.74) is 3.78. The van der Waals surface area contributed by atoms with E-state index in [9.17, 15) is 23.7 Å². The predicted octanol–water partition coefficient (Wildman–Crippen LogP) is 1.05. The number of carbonyl (C=O) groups is 1. The molecule has 1 unspecified atom stereocenters. The maximum absolute atomic E-state index is 13.8. The van der Waals surface area contributed by atoms with Crippen molar-refractivity contribution in [1.29, 1.82) is 0 Å². The molecule has 8 heteroatoms. The molecule has 0 spiro atoms. The van der Waals surface area contributed by atoms with Crippen LogP contribution in [-0.2, 0) is 0 Å². The van der Waals surface area contributed by atoms with Crippen LogP contribution in [0.5, 0.6) is 0 Å². The average molecular weight is 271 g/mol. The van der Waals surface area contributed by atoms with Crippen LogP contribution >= 0.6 is 0 Å². The van der Waals surface area contributed by atoms with Crippen LogP contribution in [0.2, 0.25) is 0 Å². The molecule has 102 valence electrons. The van der Waals surface area contributed by atoms with Crippen molar-refractivity contribution in [1.82, 2.24) is 4.90 Å². The minimum Gasteiger partial charge on any atom is -0.337 e. The molecule has 0 aliphatic carbocycles. The molecule has 1 fully saturated rings. The smallest absolute Gasteiger partial charge is 0.305 e. The van der Waals surface area contributed by atoms with Crippen molar-refractivity contribution in [3.63, 3.8) is 0 Å². The molecule has 1 aliphatic heterocycles. The summed E-state index contributed by atoms with van der Waals surface area (Å²) >= 11 is 0. The number of carbonyl (C=O) groups excluding carboxylic acids is 1. The van der Waals surface area contributed by atoms with Crippen molar-refractivity contribution in [2.75, 3.05) is 13.1 Å². The highest BCUT2D eigenvalue weighted by Gasteiger charge is 2.32. The summed E-state index contributed by atoms with van der Waals surface area (Å²) in [6.07, 6.45) is 0.532. The molecule has 0 saturated carbocycles. The molecule has 2 rings (SSSR count). The summed E-state index contributed by atoms with van der Waals surface area (Å²) in [5.74, 6) is -3.48. The van der Waals surface area contributed by atoms with Crippen molar-refractivity contribution < 1.29 is 18.5 Å². The molecule has 0 aromatic heterocycles. The molecule has 1 aromatic carbocycles. The first-order chi connectivity index (χ1) is 8.91. The van der Waals surface area contributed by atoms with E-state index < -0.39 is 33.7 Å². The Morgan fingerprint density at radius 1 is 1.47 bits per heavy atom. The highest BCUT2D eigenvalue weighted by molar-refractivity contribution is 5.95. The quantitative estimate of drug-likeness (QED) is 0.643. The largest absolute Gasteiger partial charge is 0.337 e. The van der Waals surface area contributed by atoms with Gasteiger partial charge in [0.05, 0.1) is 4.92 Å². The summed E-state index contributed by atoms with van der Waals surface area (Å²) in [6.45, 7) is 0.460. The third-order valence-electron chi connectivity index (χ3n) is 2.99. The number of rotatable bonds is 2. The van der Waals surface area contributed by atoms with Crippen molar-refractivity contribution in [2.45, 2.75) is 12.5 Å². The van der Waals surface area contributed by atoms with Crippen molar-refractivity contribution in [3.05, 3.63) is 39.4 Å². The summed E-state index contributed by atoms with van der Waals surface area (Å²) < 4.78 is 27.4. The van der Waals surface area contributed by atoms with E-state index in [0.29, 0.717) is 18.6 Å². The van der Waals surface area contributed by atoms with E-state index in [1.54, 1.807) is 0 Å². The molecule has 1 amide bonds. The average Bonchev–Trinajstić information content (AvgIpc) is 2.75. The highest BCUT2D eigenvalue weighted by Crippen LogP contribution is 2.25. The summed E-state index contributed by atoms with van der Waals surface area (Å²) in [7, 11) is 0. The number of nitro benzene ring substituents is 1. The third kappa shape index (κ3) is 2.39. The summed E-state index contributed by atoms with van der Waals surface area (Å²) in [4.78, 5) is 22.7. The fourth-order valence-electron chi connectivity index (χ4n) is 2.01. The molecule has 1 heterocycles. The first-order valence-corrected chi connectivity index (χ1v) is 5.59. The van der Waals surface area contributed by atoms with Crippen LogP contribution in [0.4, 0.5) is 14.5 Å². The predicted molar refractivity (Wildman–Crippen MR) is 61.5 cm³/mol. The van der Waals surface area contributed by atoms with Gasteiger partial charge in [-0.2, -0.15) is 4.39 Å². The SMILES string of the molecule is NC1CCN(C(=O)c2c(F)ccc([N+](=O)[O-])c2F)C1. The lowest BCUT2D eigenvalue weighted by molar-refractivity contribution is -0.387. The van der Waals surface area contributed by atoms with Crippen LogP contribution in [0, 0.1) is 21.7 Å². The van der Waals surface area contributed by atoms with Gasteiger partial charge in [-0.15, -0.1) is 0 Å². The van der Waals surface area contributed by atoms with Crippen molar-refractivity contribution in [2.24, 2.45) is 5.73 Å². The van der Waals surface area contributed by atoms with E-state index in [1.165, 1.54) is 4.90 Å². The second-order valence-electron chi connectivity index (χ2n) is 4.31. The van der Waals surface area contributed by atoms with E-state index in [-0.39, 0.29) is 19.1 Å². The fraction of sp³-hybridized carbons (Fsp3) is 0.364. The second kappa shape index (κ2) is 4.88. The number of hydrogen-bond donors (Lipinski definition) is 1. The Morgan fingerprint density at radius 3 is 2.68 bits per heavy atom. The number of nitrogens with two attached hydrogens (primary N) is 1. The number of likely N-dealkylation sites (tertiary alicyclic amines) is 1. The normalized spacial score (nSPS) is 18.7. The van der Waals surface area contributed by atoms with Gasteiger partial charge in [-0.25, -0.2) is 4.39 Å². The number of nitrogens with zero attached hydrogens (tertiary/aromatic N) is 2. The summed E-state index contributed by atoms with van der Waals surface area (Å²) in [5, 5.41) is 10.6. The second-order valence-corrected chi connectivity index (χ2v) is 4.31. The molecule has 19 heavy (non-hydrogen) atoms. The molecule has 2 N–H and O–H groups in total. The Hall–Kier alpha value is -2.09. The Labute approximate surface area is 106 Å². The van der Waals surface area contributed by atoms with E-state index in [1.807, 2.05) is 0 Å². The lowest BCUT2D eigenvalue weighted by Crippen LogP contribution is -2.33. The van der Waals surface area contributed by atoms with Gasteiger partial charge < -0.3 is 10.6 Å². The Balaban J connectivity index is 2.41. The number of amides is 1. The first-order valence-electron chi connectivity index (χ1n) is 5.59. The minimum absolute atomic E-state index is 0.181. The zero-order valence-electron chi connectivity index (χ0n) is 9.81. The van der Waals surface area contributed by atoms with Crippen LogP contribution in [0.3, 0.4) is 0 Å². The zero-order valence-corrected chi connectivity index (χ0v) is 9.81. The van der Waals surface area contributed by atoms with Crippen LogP contribution in [0.25, 0.3) is 0 Å². The molecule has 1 aliphatic rings. The van der Waals surface area contributed by atoms with Crippen LogP contribution in [0.15, 0.2) is 12.1 Å². The topological polar surface area (TPSA) is 89.5 Å². The number of hydrogen-bond acceptors (Lipinski definition) is 4. The number of benzene rings is 1. The lowest BCUT2D eigenvalue weighted by Gasteiger charge is -2.16. The van der Waals surface area contributed by atoms with Gasteiger partial charge in [0.2, 0.25) is 5.82 Å². The first kappa shape index (κ1) is 13.3. The van der Waals surface area contributed by atoms with E-state index in [0.717, 1.165) is 0 Å². The molecular weight excluding hydrogens is 260 g/mol. The van der Waals surface area contributed by atoms with Gasteiger partial charge in [0, 0.05) is 25.2 Å². The van der Waals surface area contributed by atoms with E-state index in [4.69, 9.17) is 5.73 Å². The van der Waals surface area contributed by atoms with Gasteiger partial charge >= 0.3 is 5.69 Å². The fourth-order valence-corrected chi connectivity index (χ4v) is 2.01. The van der Waals surface area contributed by atoms with Crippen molar-refractivity contribution in [3.8, 4) is 0 Å². The van der Waals surface area contributed by atoms with Crippen LogP contribution < -0.4 is 5.73 Å². The van der Waals surface area contributed by atoms with Gasteiger partial charge in [-0.05, 0) is 12.5 Å². The van der Waals surface area contributed by atoms with E-state index in [2.05, 4.69) is 0 Å². The summed E-state index contributed by atoms with van der Waals surface area (Å²) in [6, 6.07) is 1.16. The van der Waals surface area contributed by atoms with Crippen LogP contribution in [0.1, 0.15) is 16.8 Å². The third-order valence-corrected chi connectivity index (χ3v) is 2.99. The zero-order chi connectivity index (χ0) is 14.2. The Morgan fingerprint density at radius 2 is 2.16 bits per heavy atom. The van der Waals surface area contributed by atoms with Gasteiger partial charge in [0.25, 0.3) is 5.91 Å². The monoisotopic (exact) mass is 271 g/mol. The standard InChI is InChI=1S/C11H11F2N3O3/c12-7-1-2-8(16(18)19)10(13)9(7)11(17)15-4-3-6(14)5-15/h1-2,6H,3-5,14H2. The minimum atomic E-state index is -1.45. The van der Waals surface area contributed by atoms with Gasteiger partial charge in [0.1, 0.15) is 11.4 Å². The molecule has 0 radical (unpaired) electrons. The number of nitro groups is 1. The molecule has 1 atom stereocenters. The molecule has 1 aromatic rings. The maximum Gasteiger partial charge on any atom is 0.305 e. The van der Waals surface area contributed by atoms with E-state index >= 15 is 0 Å². The Bertz CT molecular complexity index is 550. The Kier molecular flexibility index (Phi) is 3.43. The van der Waals surface area contributed by atoms with Crippen LogP contribution in [-0.4, -0.2) is 34.9 Å². The lowest BCUT2D eigenvalue weighted by atomic mass is 10.1. The molecular formula is C11H11F2N3O3. The molecule has 0 bridgehead atoms. The van der Waals surface area contributed by atoms with Gasteiger partial charge in [0.15, 0.2) is 0 Å². The van der Waals surface area contributed by atoms with Gasteiger partial charge in [-0.3, -0.25) is 14.9 Å². The van der Waals surface area contributed by atoms with Gasteiger partial charge in [-0.1, -0.05) is 0 Å². The molecule has 6 nitrogen and oxygen atoms in total. The van der Waals surface area contributed by atoms with Crippen molar-refractivity contribution >= 4 is 11.6 Å². The maximum atomic E-state index is 13.8.